The molecular weight excluding hydrogens is 244 g/mol. The number of benzene rings is 1. The molecule has 0 aliphatic heterocycles. The fraction of sp³-hybridized carbons (Fsp3) is 0.533. The van der Waals surface area contributed by atoms with Gasteiger partial charge in [0, 0.05) is 5.56 Å². The predicted octanol–water partition coefficient (Wildman–Crippen LogP) is 3.34. The van der Waals surface area contributed by atoms with E-state index in [9.17, 15) is 4.79 Å². The van der Waals surface area contributed by atoms with Gasteiger partial charge in [0.15, 0.2) is 0 Å². The smallest absolute Gasteiger partial charge is 0.335 e. The van der Waals surface area contributed by atoms with Crippen molar-refractivity contribution in [3.8, 4) is 5.75 Å². The maximum atomic E-state index is 11.0. The van der Waals surface area contributed by atoms with E-state index in [1.54, 1.807) is 19.2 Å². The van der Waals surface area contributed by atoms with Crippen LogP contribution in [-0.4, -0.2) is 24.3 Å². The zero-order valence-corrected chi connectivity index (χ0v) is 12.0. The minimum Gasteiger partial charge on any atom is -0.496 e. The molecule has 1 atom stereocenters. The molecule has 0 aromatic heterocycles. The molecule has 4 nitrogen and oxygen atoms in total. The Bertz CT molecular complexity index is 426. The molecule has 1 aromatic rings. The Morgan fingerprint density at radius 1 is 1.32 bits per heavy atom. The van der Waals surface area contributed by atoms with Crippen molar-refractivity contribution < 1.29 is 19.4 Å². The summed E-state index contributed by atoms with van der Waals surface area (Å²) in [5.74, 6) is 0.281. The SMILES string of the molecule is COc1ccc(C(=O)O)cc1COC(C)CC(C)C. The van der Waals surface area contributed by atoms with Crippen molar-refractivity contribution in [1.29, 1.82) is 0 Å². The quantitative estimate of drug-likeness (QED) is 0.822. The Balaban J connectivity index is 2.75. The van der Waals surface area contributed by atoms with Gasteiger partial charge in [-0.15, -0.1) is 0 Å². The first kappa shape index (κ1) is 15.5. The molecule has 19 heavy (non-hydrogen) atoms. The molecule has 0 fully saturated rings. The van der Waals surface area contributed by atoms with Crippen molar-refractivity contribution in [2.75, 3.05) is 7.11 Å². The Hall–Kier alpha value is -1.55. The highest BCUT2D eigenvalue weighted by molar-refractivity contribution is 5.88. The summed E-state index contributed by atoms with van der Waals surface area (Å²) in [6.07, 6.45) is 1.11. The molecule has 0 bridgehead atoms. The normalized spacial score (nSPS) is 12.5. The second-order valence-electron chi connectivity index (χ2n) is 5.08. The molecule has 0 amide bonds. The van der Waals surface area contributed by atoms with Gasteiger partial charge in [0.2, 0.25) is 0 Å². The van der Waals surface area contributed by atoms with Gasteiger partial charge in [0.05, 0.1) is 25.4 Å². The molecule has 0 saturated carbocycles. The lowest BCUT2D eigenvalue weighted by atomic mass is 10.1. The molecule has 1 unspecified atom stereocenters. The topological polar surface area (TPSA) is 55.8 Å². The third-order valence-corrected chi connectivity index (χ3v) is 2.85. The monoisotopic (exact) mass is 266 g/mol. The van der Waals surface area contributed by atoms with E-state index >= 15 is 0 Å². The van der Waals surface area contributed by atoms with Crippen LogP contribution in [0.4, 0.5) is 0 Å². The zero-order valence-electron chi connectivity index (χ0n) is 12.0. The van der Waals surface area contributed by atoms with Gasteiger partial charge in [0.25, 0.3) is 0 Å². The van der Waals surface area contributed by atoms with Gasteiger partial charge >= 0.3 is 5.97 Å². The van der Waals surface area contributed by atoms with Crippen LogP contribution in [0.15, 0.2) is 18.2 Å². The molecule has 0 aliphatic rings. The average Bonchev–Trinajstić information content (AvgIpc) is 2.35. The lowest BCUT2D eigenvalue weighted by molar-refractivity contribution is 0.0386. The fourth-order valence-corrected chi connectivity index (χ4v) is 1.99. The van der Waals surface area contributed by atoms with E-state index in [0.29, 0.717) is 18.3 Å². The number of rotatable bonds is 7. The summed E-state index contributed by atoms with van der Waals surface area (Å²) in [6.45, 7) is 6.67. The molecule has 106 valence electrons. The number of aromatic carboxylic acids is 1. The van der Waals surface area contributed by atoms with Crippen LogP contribution in [0.2, 0.25) is 0 Å². The van der Waals surface area contributed by atoms with Gasteiger partial charge in [-0.05, 0) is 37.5 Å². The summed E-state index contributed by atoms with van der Waals surface area (Å²) >= 11 is 0. The van der Waals surface area contributed by atoms with Crippen molar-refractivity contribution in [3.05, 3.63) is 29.3 Å². The van der Waals surface area contributed by atoms with E-state index in [2.05, 4.69) is 13.8 Å². The summed E-state index contributed by atoms with van der Waals surface area (Å²) < 4.78 is 11.0. The maximum absolute atomic E-state index is 11.0. The van der Waals surface area contributed by atoms with E-state index in [1.165, 1.54) is 6.07 Å². The van der Waals surface area contributed by atoms with Gasteiger partial charge < -0.3 is 14.6 Å². The average molecular weight is 266 g/mol. The molecule has 4 heteroatoms. The third-order valence-electron chi connectivity index (χ3n) is 2.85. The van der Waals surface area contributed by atoms with Crippen LogP contribution in [0.25, 0.3) is 0 Å². The second-order valence-corrected chi connectivity index (χ2v) is 5.08. The highest BCUT2D eigenvalue weighted by Crippen LogP contribution is 2.22. The first-order chi connectivity index (χ1) is 8.93. The summed E-state index contributed by atoms with van der Waals surface area (Å²) in [5, 5.41) is 8.99. The summed E-state index contributed by atoms with van der Waals surface area (Å²) in [6, 6.07) is 4.79. The van der Waals surface area contributed by atoms with Crippen LogP contribution in [0, 0.1) is 5.92 Å². The van der Waals surface area contributed by atoms with Crippen molar-refractivity contribution in [2.24, 2.45) is 5.92 Å². The van der Waals surface area contributed by atoms with E-state index in [4.69, 9.17) is 14.6 Å². The first-order valence-corrected chi connectivity index (χ1v) is 6.45. The minimum atomic E-state index is -0.945. The van der Waals surface area contributed by atoms with Crippen molar-refractivity contribution >= 4 is 5.97 Å². The van der Waals surface area contributed by atoms with E-state index in [1.807, 2.05) is 6.92 Å². The molecule has 0 spiro atoms. The Morgan fingerprint density at radius 2 is 2.00 bits per heavy atom. The van der Waals surface area contributed by atoms with E-state index in [0.717, 1.165) is 12.0 Å². The van der Waals surface area contributed by atoms with Gasteiger partial charge in [-0.2, -0.15) is 0 Å². The number of carboxylic acids is 1. The third kappa shape index (κ3) is 4.91. The predicted molar refractivity (Wildman–Crippen MR) is 73.7 cm³/mol. The van der Waals surface area contributed by atoms with Gasteiger partial charge in [-0.1, -0.05) is 13.8 Å². The maximum Gasteiger partial charge on any atom is 0.335 e. The Morgan fingerprint density at radius 3 is 2.53 bits per heavy atom. The number of hydrogen-bond donors (Lipinski definition) is 1. The largest absolute Gasteiger partial charge is 0.496 e. The molecular formula is C15H22O4. The number of carboxylic acid groups (broad SMARTS) is 1. The first-order valence-electron chi connectivity index (χ1n) is 6.45. The molecule has 0 aliphatic carbocycles. The molecule has 1 aromatic carbocycles. The van der Waals surface area contributed by atoms with Crippen molar-refractivity contribution in [1.82, 2.24) is 0 Å². The van der Waals surface area contributed by atoms with E-state index in [-0.39, 0.29) is 11.7 Å². The molecule has 0 radical (unpaired) electrons. The summed E-state index contributed by atoms with van der Waals surface area (Å²) in [7, 11) is 1.57. The fourth-order valence-electron chi connectivity index (χ4n) is 1.99. The number of carbonyl (C=O) groups is 1. The van der Waals surface area contributed by atoms with Gasteiger partial charge in [-0.25, -0.2) is 4.79 Å². The minimum absolute atomic E-state index is 0.137. The Labute approximate surface area is 114 Å². The number of hydrogen-bond acceptors (Lipinski definition) is 3. The molecule has 1 N–H and O–H groups in total. The molecule has 0 heterocycles. The number of methoxy groups -OCH3 is 1. The van der Waals surface area contributed by atoms with Crippen LogP contribution in [0.3, 0.4) is 0 Å². The highest BCUT2D eigenvalue weighted by atomic mass is 16.5. The van der Waals surface area contributed by atoms with Crippen molar-refractivity contribution in [2.45, 2.75) is 39.9 Å². The standard InChI is InChI=1S/C15H22O4/c1-10(2)7-11(3)19-9-13-8-12(15(16)17)5-6-14(13)18-4/h5-6,8,10-11H,7,9H2,1-4H3,(H,16,17). The Kier molecular flexibility index (Phi) is 5.83. The van der Waals surface area contributed by atoms with Crippen LogP contribution in [-0.2, 0) is 11.3 Å². The summed E-state index contributed by atoms with van der Waals surface area (Å²) in [4.78, 5) is 11.0. The number of ether oxygens (including phenoxy) is 2. The molecule has 0 saturated heterocycles. The highest BCUT2D eigenvalue weighted by Gasteiger charge is 2.11. The van der Waals surface area contributed by atoms with Gasteiger partial charge in [0.1, 0.15) is 5.75 Å². The van der Waals surface area contributed by atoms with Crippen molar-refractivity contribution in [3.63, 3.8) is 0 Å². The second kappa shape index (κ2) is 7.14. The van der Waals surface area contributed by atoms with Crippen LogP contribution < -0.4 is 4.74 Å². The lowest BCUT2D eigenvalue weighted by Gasteiger charge is -2.16. The lowest BCUT2D eigenvalue weighted by Crippen LogP contribution is -2.12. The summed E-state index contributed by atoms with van der Waals surface area (Å²) in [5.41, 5.74) is 1.01. The van der Waals surface area contributed by atoms with Crippen LogP contribution in [0.5, 0.6) is 5.75 Å². The van der Waals surface area contributed by atoms with E-state index < -0.39 is 5.97 Å². The zero-order chi connectivity index (χ0) is 14.4. The van der Waals surface area contributed by atoms with Crippen LogP contribution in [0.1, 0.15) is 43.1 Å². The van der Waals surface area contributed by atoms with Gasteiger partial charge in [-0.3, -0.25) is 0 Å². The molecule has 1 rings (SSSR count). The van der Waals surface area contributed by atoms with Crippen LogP contribution >= 0.6 is 0 Å².